The van der Waals surface area contributed by atoms with Crippen molar-refractivity contribution >= 4 is 41.2 Å². The smallest absolute Gasteiger partial charge is 0.475 e. The third kappa shape index (κ3) is 14.8. The van der Waals surface area contributed by atoms with Gasteiger partial charge in [0.25, 0.3) is 11.8 Å². The quantitative estimate of drug-likeness (QED) is 0.0664. The van der Waals surface area contributed by atoms with Gasteiger partial charge in [-0.15, -0.1) is 0 Å². The summed E-state index contributed by atoms with van der Waals surface area (Å²) < 4.78 is 63.1. The third-order valence-electron chi connectivity index (χ3n) is 9.15. The molecule has 0 aliphatic carbocycles. The second kappa shape index (κ2) is 22.4. The number of carboxylic acids is 1. The predicted octanol–water partition coefficient (Wildman–Crippen LogP) is 7.95. The Bertz CT molecular complexity index is 1880. The van der Waals surface area contributed by atoms with Crippen molar-refractivity contribution in [1.29, 1.82) is 0 Å². The second-order valence-electron chi connectivity index (χ2n) is 14.9. The molecule has 0 bridgehead atoms. The number of carbonyl (C=O) groups is 5. The zero-order valence-electron chi connectivity index (χ0n) is 32.9. The number of benzene rings is 2. The Balaban J connectivity index is 0.00000117. The molecular formula is C42H51F5N4O6S. The van der Waals surface area contributed by atoms with Crippen LogP contribution >= 0.6 is 11.8 Å². The highest BCUT2D eigenvalue weighted by Gasteiger charge is 2.38. The Kier molecular flexibility index (Phi) is 18.3. The highest BCUT2D eigenvalue weighted by molar-refractivity contribution is 7.99. The molecule has 3 amide bonds. The molecule has 10 nitrogen and oxygen atoms in total. The Morgan fingerprint density at radius 3 is 2.12 bits per heavy atom. The molecule has 3 N–H and O–H groups in total. The molecular weight excluding hydrogens is 784 g/mol. The van der Waals surface area contributed by atoms with Crippen molar-refractivity contribution in [3.63, 3.8) is 0 Å². The van der Waals surface area contributed by atoms with Gasteiger partial charge in [-0.25, -0.2) is 13.6 Å². The summed E-state index contributed by atoms with van der Waals surface area (Å²) in [5, 5.41) is 7.12. The molecule has 1 aliphatic rings. The van der Waals surface area contributed by atoms with E-state index in [1.807, 2.05) is 52.1 Å². The van der Waals surface area contributed by atoms with E-state index >= 15 is 4.39 Å². The molecule has 1 aromatic heterocycles. The largest absolute Gasteiger partial charge is 0.490 e. The molecule has 0 radical (unpaired) electrons. The number of nitrogens with zero attached hydrogens (tertiary/aromatic N) is 3. The van der Waals surface area contributed by atoms with E-state index < -0.39 is 29.2 Å². The van der Waals surface area contributed by atoms with Crippen molar-refractivity contribution in [1.82, 2.24) is 14.4 Å². The Morgan fingerprint density at radius 2 is 1.52 bits per heavy atom. The number of hydrogen-bond acceptors (Lipinski definition) is 7. The van der Waals surface area contributed by atoms with E-state index in [9.17, 15) is 36.7 Å². The molecule has 0 fully saturated rings. The maximum atomic E-state index is 15.0. The van der Waals surface area contributed by atoms with Crippen LogP contribution in [0.2, 0.25) is 0 Å². The summed E-state index contributed by atoms with van der Waals surface area (Å²) in [7, 11) is 0. The van der Waals surface area contributed by atoms with E-state index in [0.29, 0.717) is 50.9 Å². The number of rotatable bonds is 20. The number of Topliss-reactive ketones (excluding diaryl/α,β-unsaturated/α-hetero) is 1. The van der Waals surface area contributed by atoms with Crippen LogP contribution in [0.3, 0.4) is 0 Å². The van der Waals surface area contributed by atoms with Gasteiger partial charge < -0.3 is 20.3 Å². The number of thioether (sulfide) groups is 1. The fourth-order valence-corrected chi connectivity index (χ4v) is 7.32. The second-order valence-corrected chi connectivity index (χ2v) is 16.0. The van der Waals surface area contributed by atoms with Crippen LogP contribution in [-0.4, -0.2) is 86.3 Å². The Labute approximate surface area is 339 Å². The minimum absolute atomic E-state index is 0.0142. The van der Waals surface area contributed by atoms with Gasteiger partial charge >= 0.3 is 12.1 Å². The van der Waals surface area contributed by atoms with E-state index in [2.05, 4.69) is 20.8 Å². The monoisotopic (exact) mass is 834 g/mol. The maximum absolute atomic E-state index is 15.0. The lowest BCUT2D eigenvalue weighted by atomic mass is 9.83. The summed E-state index contributed by atoms with van der Waals surface area (Å²) in [5.41, 5.74) is 8.11. The zero-order valence-corrected chi connectivity index (χ0v) is 33.7. The normalized spacial score (nSPS) is 13.4. The summed E-state index contributed by atoms with van der Waals surface area (Å²) >= 11 is 1.57. The number of aliphatic carboxylic acids is 1. The van der Waals surface area contributed by atoms with Gasteiger partial charge in [-0.1, -0.05) is 57.5 Å². The van der Waals surface area contributed by atoms with Crippen molar-refractivity contribution in [3.05, 3.63) is 95.8 Å². The van der Waals surface area contributed by atoms with E-state index in [-0.39, 0.29) is 47.4 Å². The van der Waals surface area contributed by atoms with Gasteiger partial charge in [0.05, 0.1) is 11.8 Å². The number of nitrogens with two attached hydrogens (primary N) is 1. The molecule has 3 aromatic rings. The average Bonchev–Trinajstić information content (AvgIpc) is 3.70. The van der Waals surface area contributed by atoms with Crippen molar-refractivity contribution in [2.24, 2.45) is 11.1 Å². The topological polar surface area (TPSA) is 143 Å². The first-order valence-electron chi connectivity index (χ1n) is 19.0. The first-order valence-corrected chi connectivity index (χ1v) is 20.1. The molecule has 1 aliphatic heterocycles. The van der Waals surface area contributed by atoms with Crippen LogP contribution in [0.15, 0.2) is 72.9 Å². The molecule has 16 heteroatoms. The summed E-state index contributed by atoms with van der Waals surface area (Å²) in [5.74, 6) is -3.30. The number of amides is 3. The van der Waals surface area contributed by atoms with E-state index in [1.54, 1.807) is 11.8 Å². The summed E-state index contributed by atoms with van der Waals surface area (Å²) in [6, 6.07) is 14.8. The first kappa shape index (κ1) is 47.5. The summed E-state index contributed by atoms with van der Waals surface area (Å²) in [6.45, 7) is 7.87. The molecule has 0 saturated heterocycles. The predicted molar refractivity (Wildman–Crippen MR) is 212 cm³/mol. The molecule has 4 rings (SSSR count). The lowest BCUT2D eigenvalue weighted by Gasteiger charge is -2.41. The molecule has 58 heavy (non-hydrogen) atoms. The third-order valence-corrected chi connectivity index (χ3v) is 10.2. The van der Waals surface area contributed by atoms with Gasteiger partial charge in [0, 0.05) is 67.6 Å². The minimum Gasteiger partial charge on any atom is -0.475 e. The number of carboxylic acid groups (broad SMARTS) is 1. The molecule has 316 valence electrons. The van der Waals surface area contributed by atoms with Crippen molar-refractivity contribution < 1.29 is 51.0 Å². The number of unbranched alkanes of at least 4 members (excludes halogenated alkanes) is 2. The number of carbonyl (C=O) groups excluding carboxylic acids is 4. The highest BCUT2D eigenvalue weighted by Crippen LogP contribution is 2.41. The van der Waals surface area contributed by atoms with Gasteiger partial charge in [0.1, 0.15) is 17.4 Å². The SMILES string of the molecule is CC(C)(C)[C@H](c1cc(-c2cc(F)ccc2F)cn1Cc1ccccc1)N(CCCN)C(=O)CSCCCCCC(=O)CCCN1C(=O)C=CC1=O.O=C(O)C(F)(F)F. The van der Waals surface area contributed by atoms with Gasteiger partial charge in [0.2, 0.25) is 5.91 Å². The van der Waals surface area contributed by atoms with Gasteiger partial charge in [-0.3, -0.25) is 24.1 Å². The van der Waals surface area contributed by atoms with Crippen LogP contribution in [0, 0.1) is 17.0 Å². The molecule has 0 spiro atoms. The number of hydrogen-bond donors (Lipinski definition) is 2. The average molecular weight is 835 g/mol. The number of alkyl halides is 3. The van der Waals surface area contributed by atoms with Crippen LogP contribution < -0.4 is 5.73 Å². The maximum Gasteiger partial charge on any atom is 0.490 e. The Hall–Kier alpha value is -4.83. The van der Waals surface area contributed by atoms with Crippen LogP contribution in [0.25, 0.3) is 11.1 Å². The summed E-state index contributed by atoms with van der Waals surface area (Å²) in [4.78, 5) is 61.6. The molecule has 2 aromatic carbocycles. The van der Waals surface area contributed by atoms with Gasteiger partial charge in [-0.2, -0.15) is 24.9 Å². The molecule has 0 saturated carbocycles. The van der Waals surface area contributed by atoms with E-state index in [4.69, 9.17) is 15.6 Å². The van der Waals surface area contributed by atoms with Crippen LogP contribution in [0.5, 0.6) is 0 Å². The zero-order chi connectivity index (χ0) is 43.0. The van der Waals surface area contributed by atoms with E-state index in [0.717, 1.165) is 53.3 Å². The number of halogens is 5. The first-order chi connectivity index (χ1) is 27.3. The molecule has 1 atom stereocenters. The lowest BCUT2D eigenvalue weighted by molar-refractivity contribution is -0.192. The fourth-order valence-electron chi connectivity index (χ4n) is 6.43. The Morgan fingerprint density at radius 1 is 0.879 bits per heavy atom. The number of ketones is 1. The highest BCUT2D eigenvalue weighted by atomic mass is 32.2. The molecule has 2 heterocycles. The van der Waals surface area contributed by atoms with Crippen molar-refractivity contribution in [2.75, 3.05) is 31.1 Å². The number of imide groups is 1. The van der Waals surface area contributed by atoms with Gasteiger partial charge in [0.15, 0.2) is 0 Å². The van der Waals surface area contributed by atoms with Crippen molar-refractivity contribution in [2.45, 2.75) is 84.5 Å². The van der Waals surface area contributed by atoms with E-state index in [1.165, 1.54) is 18.2 Å². The minimum atomic E-state index is -5.08. The fraction of sp³-hybridized carbons (Fsp3) is 0.452. The lowest BCUT2D eigenvalue weighted by Crippen LogP contribution is -2.44. The van der Waals surface area contributed by atoms with Crippen molar-refractivity contribution in [3.8, 4) is 11.1 Å². The molecule has 0 unspecified atom stereocenters. The number of aromatic nitrogens is 1. The summed E-state index contributed by atoms with van der Waals surface area (Å²) in [6.07, 6.45) is 3.59. The van der Waals surface area contributed by atoms with Crippen LogP contribution in [-0.2, 0) is 30.5 Å². The standard InChI is InChI=1S/C40H50F2N4O4S.C2HF3O2/c1-40(2,3)39(35-24-30(33-25-31(41)16-17-34(33)42)27-44(35)26-29-12-6-4-7-13-29)46(22-11-20-43)38(50)28-51-23-9-5-8-14-32(47)15-10-21-45-36(48)18-19-37(45)49;3-2(4,5)1(6)7/h4,6-7,12-13,16-19,24-25,27,39H,5,8-11,14-15,20-23,26,28,43H2,1-3H3;(H,6,7)/t39-;/m0./s1. The van der Waals surface area contributed by atoms with Gasteiger partial charge in [-0.05, 0) is 73.2 Å². The van der Waals surface area contributed by atoms with Crippen LogP contribution in [0.1, 0.15) is 83.0 Å². The van der Waals surface area contributed by atoms with Crippen LogP contribution in [0.4, 0.5) is 22.0 Å².